The molecule has 0 bridgehead atoms. The summed E-state index contributed by atoms with van der Waals surface area (Å²) in [5.41, 5.74) is 1.00. The van der Waals surface area contributed by atoms with Crippen molar-refractivity contribution in [1.29, 1.82) is 0 Å². The number of piperazine rings is 1. The molecule has 1 N–H and O–H groups in total. The Bertz CT molecular complexity index is 522. The zero-order valence-corrected chi connectivity index (χ0v) is 11.5. The van der Waals surface area contributed by atoms with Crippen molar-refractivity contribution in [2.24, 2.45) is 0 Å². The first-order chi connectivity index (χ1) is 8.31. The highest BCUT2D eigenvalue weighted by atomic mass is 35.5. The number of halogens is 1. The monoisotopic (exact) mass is 285 g/mol. The summed E-state index contributed by atoms with van der Waals surface area (Å²) in [5.74, 6) is 0. The molecule has 0 aliphatic carbocycles. The molecule has 1 aromatic heterocycles. The second kappa shape index (κ2) is 5.12. The van der Waals surface area contributed by atoms with Crippen LogP contribution in [0.2, 0.25) is 5.02 Å². The van der Waals surface area contributed by atoms with Gasteiger partial charge in [0.1, 0.15) is 0 Å². The van der Waals surface area contributed by atoms with Crippen molar-refractivity contribution in [3.63, 3.8) is 0 Å². The Morgan fingerprint density at radius 3 is 3.00 bits per heavy atom. The predicted octanol–water partition coefficient (Wildman–Crippen LogP) is 2.86. The van der Waals surface area contributed by atoms with Gasteiger partial charge < -0.3 is 5.32 Å². The van der Waals surface area contributed by atoms with Gasteiger partial charge in [-0.05, 0) is 30.1 Å². The Hall–Kier alpha value is -0.330. The minimum atomic E-state index is 0.751. The summed E-state index contributed by atoms with van der Waals surface area (Å²) in [6.07, 6.45) is 0. The standard InChI is InChI=1S/C11H12ClN3S2/c12-8-1-2-10-9(7-8)14-11(16-10)17-15-5-3-13-4-6-15/h1-2,7,13H,3-6H2. The van der Waals surface area contributed by atoms with Crippen LogP contribution in [0.25, 0.3) is 10.2 Å². The maximum Gasteiger partial charge on any atom is 0.166 e. The fourth-order valence-corrected chi connectivity index (χ4v) is 4.07. The number of aromatic nitrogens is 1. The molecule has 2 heterocycles. The number of rotatable bonds is 2. The van der Waals surface area contributed by atoms with Crippen molar-refractivity contribution < 1.29 is 0 Å². The molecule has 0 saturated carbocycles. The van der Waals surface area contributed by atoms with Crippen LogP contribution in [-0.2, 0) is 0 Å². The van der Waals surface area contributed by atoms with Gasteiger partial charge in [0.15, 0.2) is 4.34 Å². The summed E-state index contributed by atoms with van der Waals surface area (Å²) >= 11 is 9.44. The number of hydrogen-bond acceptors (Lipinski definition) is 5. The lowest BCUT2D eigenvalue weighted by Crippen LogP contribution is -2.39. The smallest absolute Gasteiger partial charge is 0.166 e. The molecule has 3 nitrogen and oxygen atoms in total. The molecule has 1 saturated heterocycles. The van der Waals surface area contributed by atoms with Crippen LogP contribution in [0.4, 0.5) is 0 Å². The third kappa shape index (κ3) is 2.74. The maximum atomic E-state index is 5.96. The van der Waals surface area contributed by atoms with E-state index in [1.807, 2.05) is 18.2 Å². The van der Waals surface area contributed by atoms with Crippen molar-refractivity contribution in [3.8, 4) is 0 Å². The van der Waals surface area contributed by atoms with Crippen molar-refractivity contribution >= 4 is 45.1 Å². The van der Waals surface area contributed by atoms with Crippen LogP contribution in [0.1, 0.15) is 0 Å². The normalized spacial score (nSPS) is 17.7. The molecule has 0 atom stereocenters. The molecule has 6 heteroatoms. The molecule has 2 aromatic rings. The number of thiazole rings is 1. The lowest BCUT2D eigenvalue weighted by Gasteiger charge is -2.24. The van der Waals surface area contributed by atoms with Gasteiger partial charge in [0.05, 0.1) is 10.2 Å². The molecule has 17 heavy (non-hydrogen) atoms. The topological polar surface area (TPSA) is 28.2 Å². The van der Waals surface area contributed by atoms with E-state index in [4.69, 9.17) is 11.6 Å². The average Bonchev–Trinajstić information content (AvgIpc) is 2.71. The van der Waals surface area contributed by atoms with Crippen LogP contribution >= 0.6 is 34.9 Å². The fourth-order valence-electron chi connectivity index (χ4n) is 1.76. The van der Waals surface area contributed by atoms with Gasteiger partial charge in [0, 0.05) is 31.2 Å². The van der Waals surface area contributed by atoms with Crippen molar-refractivity contribution in [2.45, 2.75) is 4.34 Å². The van der Waals surface area contributed by atoms with Crippen molar-refractivity contribution in [3.05, 3.63) is 23.2 Å². The Kier molecular flexibility index (Phi) is 3.54. The molecule has 90 valence electrons. The van der Waals surface area contributed by atoms with E-state index in [9.17, 15) is 0 Å². The number of nitrogens with one attached hydrogen (secondary N) is 1. The number of nitrogens with zero attached hydrogens (tertiary/aromatic N) is 2. The van der Waals surface area contributed by atoms with Crippen LogP contribution in [0.5, 0.6) is 0 Å². The van der Waals surface area contributed by atoms with Crippen LogP contribution in [0, 0.1) is 0 Å². The lowest BCUT2D eigenvalue weighted by molar-refractivity contribution is 0.396. The molecule has 0 radical (unpaired) electrons. The van der Waals surface area contributed by atoms with Crippen molar-refractivity contribution in [2.75, 3.05) is 26.2 Å². The van der Waals surface area contributed by atoms with Gasteiger partial charge in [-0.2, -0.15) is 0 Å². The zero-order valence-electron chi connectivity index (χ0n) is 9.15. The average molecular weight is 286 g/mol. The van der Waals surface area contributed by atoms with E-state index in [0.717, 1.165) is 41.1 Å². The van der Waals surface area contributed by atoms with Gasteiger partial charge in [-0.25, -0.2) is 9.29 Å². The van der Waals surface area contributed by atoms with Crippen LogP contribution < -0.4 is 5.32 Å². The largest absolute Gasteiger partial charge is 0.314 e. The molecule has 1 fully saturated rings. The first-order valence-corrected chi connectivity index (χ1v) is 7.48. The molecular formula is C11H12ClN3S2. The molecule has 1 aliphatic heterocycles. The van der Waals surface area contributed by atoms with Gasteiger partial charge in [-0.1, -0.05) is 11.6 Å². The van der Waals surface area contributed by atoms with Crippen LogP contribution in [0.15, 0.2) is 22.5 Å². The first-order valence-electron chi connectivity index (χ1n) is 5.51. The summed E-state index contributed by atoms with van der Waals surface area (Å²) in [4.78, 5) is 4.60. The van der Waals surface area contributed by atoms with E-state index >= 15 is 0 Å². The Balaban J connectivity index is 1.80. The van der Waals surface area contributed by atoms with Gasteiger partial charge in [0.2, 0.25) is 0 Å². The third-order valence-corrected chi connectivity index (χ3v) is 5.02. The van der Waals surface area contributed by atoms with Crippen LogP contribution in [0.3, 0.4) is 0 Å². The summed E-state index contributed by atoms with van der Waals surface area (Å²) in [5, 5.41) is 4.10. The van der Waals surface area contributed by atoms with E-state index in [-0.39, 0.29) is 0 Å². The Morgan fingerprint density at radius 2 is 2.18 bits per heavy atom. The molecular weight excluding hydrogens is 274 g/mol. The SMILES string of the molecule is Clc1ccc2sc(SN3CCNCC3)nc2c1. The molecule has 1 aromatic carbocycles. The summed E-state index contributed by atoms with van der Waals surface area (Å²) in [6, 6.07) is 5.88. The highest BCUT2D eigenvalue weighted by Crippen LogP contribution is 2.32. The highest BCUT2D eigenvalue weighted by Gasteiger charge is 2.13. The molecule has 0 spiro atoms. The van der Waals surface area contributed by atoms with E-state index in [1.54, 1.807) is 23.3 Å². The third-order valence-electron chi connectivity index (χ3n) is 2.61. The number of fused-ring (bicyclic) bond motifs is 1. The molecule has 1 aliphatic rings. The molecule has 0 amide bonds. The Labute approximate surface area is 113 Å². The van der Waals surface area contributed by atoms with Gasteiger partial charge in [-0.15, -0.1) is 11.3 Å². The highest BCUT2D eigenvalue weighted by molar-refractivity contribution is 7.98. The summed E-state index contributed by atoms with van der Waals surface area (Å²) in [7, 11) is 0. The second-order valence-electron chi connectivity index (χ2n) is 3.86. The minimum absolute atomic E-state index is 0.751. The maximum absolute atomic E-state index is 5.96. The Morgan fingerprint density at radius 1 is 1.35 bits per heavy atom. The fraction of sp³-hybridized carbons (Fsp3) is 0.364. The summed E-state index contributed by atoms with van der Waals surface area (Å²) in [6.45, 7) is 4.26. The second-order valence-corrected chi connectivity index (χ2v) is 6.67. The van der Waals surface area contributed by atoms with Crippen LogP contribution in [-0.4, -0.2) is 35.5 Å². The molecule has 0 unspecified atom stereocenters. The minimum Gasteiger partial charge on any atom is -0.314 e. The number of benzene rings is 1. The molecule has 3 rings (SSSR count). The zero-order chi connectivity index (χ0) is 11.7. The lowest BCUT2D eigenvalue weighted by atomic mass is 10.3. The van der Waals surface area contributed by atoms with E-state index < -0.39 is 0 Å². The van der Waals surface area contributed by atoms with Gasteiger partial charge in [-0.3, -0.25) is 0 Å². The number of hydrogen-bond donors (Lipinski definition) is 1. The van der Waals surface area contributed by atoms with Gasteiger partial charge in [0.25, 0.3) is 0 Å². The summed E-state index contributed by atoms with van der Waals surface area (Å²) < 4.78 is 4.66. The predicted molar refractivity (Wildman–Crippen MR) is 74.9 cm³/mol. The quantitative estimate of drug-likeness (QED) is 0.859. The van der Waals surface area contributed by atoms with E-state index in [2.05, 4.69) is 14.6 Å². The first kappa shape index (κ1) is 11.7. The van der Waals surface area contributed by atoms with E-state index in [1.165, 1.54) is 4.70 Å². The van der Waals surface area contributed by atoms with Gasteiger partial charge >= 0.3 is 0 Å². The van der Waals surface area contributed by atoms with E-state index in [0.29, 0.717) is 0 Å². The van der Waals surface area contributed by atoms with Crippen molar-refractivity contribution in [1.82, 2.24) is 14.6 Å².